The molecule has 0 saturated carbocycles. The monoisotopic (exact) mass is 596 g/mol. The first kappa shape index (κ1) is 27.9. The Morgan fingerprint density at radius 3 is 2.12 bits per heavy atom. The van der Waals surface area contributed by atoms with Crippen LogP contribution in [0.2, 0.25) is 10.0 Å². The molecule has 0 bridgehead atoms. The SMILES string of the molecule is Cn1ccc(N(C(=O)OC(C)(C)C)c2cc(Cl)cn3ncnc23)n1.Cn1ccc(Nc2cc(Cl)cn3ncnc23)n1. The molecule has 0 aliphatic carbocycles. The van der Waals surface area contributed by atoms with Crippen molar-refractivity contribution in [2.45, 2.75) is 26.4 Å². The highest BCUT2D eigenvalue weighted by atomic mass is 35.5. The van der Waals surface area contributed by atoms with Crippen LogP contribution in [0.15, 0.2) is 61.7 Å². The molecule has 0 saturated heterocycles. The van der Waals surface area contributed by atoms with Gasteiger partial charge in [0.15, 0.2) is 22.9 Å². The topological polar surface area (TPSA) is 138 Å². The van der Waals surface area contributed by atoms with E-state index in [1.807, 2.05) is 19.3 Å². The van der Waals surface area contributed by atoms with Gasteiger partial charge in [0.25, 0.3) is 0 Å². The zero-order valence-corrected chi connectivity index (χ0v) is 24.3. The number of pyridine rings is 2. The molecule has 0 spiro atoms. The number of rotatable bonds is 4. The number of fused-ring (bicyclic) bond motifs is 2. The Balaban J connectivity index is 0.000000174. The van der Waals surface area contributed by atoms with Crippen LogP contribution in [-0.2, 0) is 18.8 Å². The van der Waals surface area contributed by atoms with E-state index >= 15 is 0 Å². The maximum atomic E-state index is 12.8. The van der Waals surface area contributed by atoms with Crippen molar-refractivity contribution in [3.05, 3.63) is 71.8 Å². The summed E-state index contributed by atoms with van der Waals surface area (Å²) < 4.78 is 11.9. The van der Waals surface area contributed by atoms with Crippen molar-refractivity contribution in [2.24, 2.45) is 14.1 Å². The van der Waals surface area contributed by atoms with Crippen LogP contribution in [0.1, 0.15) is 20.8 Å². The highest BCUT2D eigenvalue weighted by molar-refractivity contribution is 6.31. The first-order valence-corrected chi connectivity index (χ1v) is 13.0. The van der Waals surface area contributed by atoms with Gasteiger partial charge in [0.05, 0.1) is 15.7 Å². The van der Waals surface area contributed by atoms with E-state index in [2.05, 4.69) is 35.7 Å². The summed E-state index contributed by atoms with van der Waals surface area (Å²) in [5.41, 5.74) is 1.73. The van der Waals surface area contributed by atoms with Gasteiger partial charge in [0, 0.05) is 51.0 Å². The lowest BCUT2D eigenvalue weighted by Gasteiger charge is -2.26. The number of carbonyl (C=O) groups is 1. The summed E-state index contributed by atoms with van der Waals surface area (Å²) in [4.78, 5) is 22.5. The van der Waals surface area contributed by atoms with Gasteiger partial charge in [-0.05, 0) is 32.9 Å². The molecule has 6 aromatic rings. The van der Waals surface area contributed by atoms with Crippen LogP contribution in [0.4, 0.5) is 27.8 Å². The highest BCUT2D eigenvalue weighted by Crippen LogP contribution is 2.31. The number of hydrogen-bond donors (Lipinski definition) is 1. The molecule has 0 radical (unpaired) electrons. The van der Waals surface area contributed by atoms with Crippen LogP contribution < -0.4 is 10.2 Å². The van der Waals surface area contributed by atoms with E-state index < -0.39 is 11.7 Å². The van der Waals surface area contributed by atoms with Gasteiger partial charge in [-0.3, -0.25) is 9.36 Å². The maximum Gasteiger partial charge on any atom is 0.420 e. The average Bonchev–Trinajstić information content (AvgIpc) is 3.67. The molecule has 6 aromatic heterocycles. The second kappa shape index (κ2) is 11.1. The number of aryl methyl sites for hydroxylation is 2. The highest BCUT2D eigenvalue weighted by Gasteiger charge is 2.29. The minimum Gasteiger partial charge on any atom is -0.443 e. The van der Waals surface area contributed by atoms with Crippen LogP contribution in [0.25, 0.3) is 11.3 Å². The van der Waals surface area contributed by atoms with Crippen molar-refractivity contribution in [3.8, 4) is 0 Å². The van der Waals surface area contributed by atoms with E-state index in [4.69, 9.17) is 27.9 Å². The lowest BCUT2D eigenvalue weighted by Crippen LogP contribution is -2.34. The number of aromatic nitrogens is 10. The number of halogens is 2. The third kappa shape index (κ3) is 6.39. The fourth-order valence-electron chi connectivity index (χ4n) is 3.79. The van der Waals surface area contributed by atoms with Crippen LogP contribution in [0.5, 0.6) is 0 Å². The van der Waals surface area contributed by atoms with Crippen molar-refractivity contribution in [2.75, 3.05) is 10.2 Å². The van der Waals surface area contributed by atoms with Crippen LogP contribution in [0, 0.1) is 0 Å². The van der Waals surface area contributed by atoms with E-state index in [1.165, 1.54) is 22.1 Å². The van der Waals surface area contributed by atoms with Gasteiger partial charge in [-0.25, -0.2) is 28.7 Å². The Morgan fingerprint density at radius 1 is 0.902 bits per heavy atom. The third-order valence-corrected chi connectivity index (χ3v) is 5.80. The number of anilines is 4. The van der Waals surface area contributed by atoms with Gasteiger partial charge in [0.2, 0.25) is 0 Å². The second-order valence-electron chi connectivity index (χ2n) is 9.83. The first-order valence-electron chi connectivity index (χ1n) is 12.2. The summed E-state index contributed by atoms with van der Waals surface area (Å²) in [6.45, 7) is 5.39. The molecule has 0 aromatic carbocycles. The Morgan fingerprint density at radius 2 is 1.51 bits per heavy atom. The van der Waals surface area contributed by atoms with Gasteiger partial charge in [-0.15, -0.1) is 0 Å². The third-order valence-electron chi connectivity index (χ3n) is 5.39. The van der Waals surface area contributed by atoms with E-state index in [9.17, 15) is 4.79 Å². The fraction of sp³-hybridized carbons (Fsp3) is 0.240. The summed E-state index contributed by atoms with van der Waals surface area (Å²) in [6, 6.07) is 7.00. The molecule has 0 aliphatic rings. The zero-order chi connectivity index (χ0) is 29.3. The van der Waals surface area contributed by atoms with Gasteiger partial charge in [-0.1, -0.05) is 23.2 Å². The summed E-state index contributed by atoms with van der Waals surface area (Å²) >= 11 is 12.2. The fourth-order valence-corrected chi connectivity index (χ4v) is 4.19. The Bertz CT molecular complexity index is 1830. The minimum absolute atomic E-state index is 0.402. The van der Waals surface area contributed by atoms with Crippen LogP contribution in [-0.4, -0.2) is 60.5 Å². The van der Waals surface area contributed by atoms with Gasteiger partial charge >= 0.3 is 6.09 Å². The number of amides is 1. The molecular formula is C25H26Cl2N12O2. The first-order chi connectivity index (χ1) is 19.5. The van der Waals surface area contributed by atoms with E-state index in [-0.39, 0.29) is 0 Å². The van der Waals surface area contributed by atoms with Crippen LogP contribution in [0.3, 0.4) is 0 Å². The molecule has 6 rings (SSSR count). The molecule has 6 heterocycles. The number of nitrogens with one attached hydrogen (secondary N) is 1. The van der Waals surface area contributed by atoms with Crippen molar-refractivity contribution in [3.63, 3.8) is 0 Å². The summed E-state index contributed by atoms with van der Waals surface area (Å²) in [7, 11) is 3.62. The molecule has 212 valence electrons. The second-order valence-corrected chi connectivity index (χ2v) is 10.7. The van der Waals surface area contributed by atoms with Gasteiger partial charge in [-0.2, -0.15) is 20.4 Å². The molecule has 1 N–H and O–H groups in total. The largest absolute Gasteiger partial charge is 0.443 e. The predicted octanol–water partition coefficient (Wildman–Crippen LogP) is 5.05. The lowest BCUT2D eigenvalue weighted by molar-refractivity contribution is 0.0598. The molecule has 0 unspecified atom stereocenters. The molecule has 1 amide bonds. The zero-order valence-electron chi connectivity index (χ0n) is 22.8. The Hall–Kier alpha value is -4.69. The van der Waals surface area contributed by atoms with E-state index in [1.54, 1.807) is 78.5 Å². The number of hydrogen-bond acceptors (Lipinski definition) is 9. The lowest BCUT2D eigenvalue weighted by atomic mass is 10.2. The normalized spacial score (nSPS) is 11.4. The number of nitrogens with zero attached hydrogens (tertiary/aromatic N) is 11. The van der Waals surface area contributed by atoms with Crippen molar-refractivity contribution >= 4 is 63.6 Å². The maximum absolute atomic E-state index is 12.8. The molecule has 0 atom stereocenters. The Kier molecular flexibility index (Phi) is 7.51. The Labute approximate surface area is 244 Å². The molecular weight excluding hydrogens is 571 g/mol. The summed E-state index contributed by atoms with van der Waals surface area (Å²) in [5, 5.41) is 20.8. The predicted molar refractivity (Wildman–Crippen MR) is 154 cm³/mol. The molecule has 16 heteroatoms. The minimum atomic E-state index is -0.660. The van der Waals surface area contributed by atoms with Gasteiger partial charge in [0.1, 0.15) is 23.9 Å². The van der Waals surface area contributed by atoms with Crippen LogP contribution >= 0.6 is 23.2 Å². The average molecular weight is 597 g/mol. The van der Waals surface area contributed by atoms with Crippen molar-refractivity contribution in [1.82, 2.24) is 48.8 Å². The number of ether oxygens (including phenoxy) is 1. The number of carbonyl (C=O) groups excluding carboxylic acids is 1. The molecule has 0 fully saturated rings. The van der Waals surface area contributed by atoms with Crippen molar-refractivity contribution < 1.29 is 9.53 Å². The molecule has 14 nitrogen and oxygen atoms in total. The van der Waals surface area contributed by atoms with E-state index in [0.717, 1.165) is 11.5 Å². The smallest absolute Gasteiger partial charge is 0.420 e. The van der Waals surface area contributed by atoms with E-state index in [0.29, 0.717) is 32.8 Å². The van der Waals surface area contributed by atoms with Crippen molar-refractivity contribution in [1.29, 1.82) is 0 Å². The summed E-state index contributed by atoms with van der Waals surface area (Å²) in [5.74, 6) is 1.14. The molecule has 41 heavy (non-hydrogen) atoms. The standard InChI is InChI=1S/C15H17ClN6O2.C10H9ClN6/c1-15(2,3)24-14(23)22(12-5-6-20(4)19-12)11-7-10(16)8-21-13(11)17-9-18-21;1-16-3-2-9(15-16)14-8-4-7(11)5-17-10(8)12-6-13-17/h5-9H,1-4H3;2-6H,1H3,(H,14,15). The quantitative estimate of drug-likeness (QED) is 0.296. The van der Waals surface area contributed by atoms with Gasteiger partial charge < -0.3 is 10.1 Å². The summed E-state index contributed by atoms with van der Waals surface area (Å²) in [6.07, 6.45) is 9.20. The molecule has 0 aliphatic heterocycles.